The Kier molecular flexibility index (Phi) is 8.43. The molecule has 3 rings (SSSR count). The number of hydrogen-bond acceptors (Lipinski definition) is 7. The first-order valence-electron chi connectivity index (χ1n) is 10.5. The number of halogens is 3. The molecule has 8 nitrogen and oxygen atoms in total. The molecule has 0 saturated carbocycles. The first-order valence-corrected chi connectivity index (χ1v) is 12.0. The van der Waals surface area contributed by atoms with E-state index in [0.717, 1.165) is 29.8 Å². The SMILES string of the molecule is COc1ccc(C=Cc2cc(OC)c(OC)c(OC)c2)cc1NS(=O)(=O)c1ccc(OC(F)(F)F)cc1. The molecule has 0 atom stereocenters. The monoisotopic (exact) mass is 539 g/mol. The van der Waals surface area contributed by atoms with E-state index in [0.29, 0.717) is 22.8 Å². The van der Waals surface area contributed by atoms with E-state index in [2.05, 4.69) is 9.46 Å². The van der Waals surface area contributed by atoms with Crippen molar-refractivity contribution in [2.45, 2.75) is 11.3 Å². The maximum absolute atomic E-state index is 12.9. The number of benzene rings is 3. The van der Waals surface area contributed by atoms with Crippen LogP contribution in [-0.2, 0) is 10.0 Å². The first-order chi connectivity index (χ1) is 17.5. The molecule has 0 aliphatic rings. The average molecular weight is 540 g/mol. The van der Waals surface area contributed by atoms with Crippen LogP contribution < -0.4 is 28.4 Å². The number of alkyl halides is 3. The highest BCUT2D eigenvalue weighted by Crippen LogP contribution is 2.39. The Morgan fingerprint density at radius 3 is 1.81 bits per heavy atom. The van der Waals surface area contributed by atoms with Crippen LogP contribution in [0.15, 0.2) is 59.5 Å². The molecule has 0 saturated heterocycles. The van der Waals surface area contributed by atoms with Gasteiger partial charge in [0.2, 0.25) is 5.75 Å². The van der Waals surface area contributed by atoms with Crippen LogP contribution >= 0.6 is 0 Å². The van der Waals surface area contributed by atoms with Gasteiger partial charge in [0.15, 0.2) is 11.5 Å². The summed E-state index contributed by atoms with van der Waals surface area (Å²) in [5.41, 5.74) is 1.49. The first kappa shape index (κ1) is 27.5. The van der Waals surface area contributed by atoms with Gasteiger partial charge in [-0.3, -0.25) is 4.72 Å². The van der Waals surface area contributed by atoms with Crippen LogP contribution in [0.3, 0.4) is 0 Å². The smallest absolute Gasteiger partial charge is 0.495 e. The zero-order valence-corrected chi connectivity index (χ0v) is 21.1. The fraction of sp³-hybridized carbons (Fsp3) is 0.200. The Labute approximate surface area is 212 Å². The number of ether oxygens (including phenoxy) is 5. The van der Waals surface area contributed by atoms with Crippen LogP contribution in [0.4, 0.5) is 18.9 Å². The molecule has 0 bridgehead atoms. The third-order valence-corrected chi connectivity index (χ3v) is 6.37. The number of anilines is 1. The summed E-state index contributed by atoms with van der Waals surface area (Å²) in [6.07, 6.45) is -1.38. The average Bonchev–Trinajstić information content (AvgIpc) is 2.86. The molecule has 0 fully saturated rings. The molecule has 1 N–H and O–H groups in total. The van der Waals surface area contributed by atoms with E-state index in [1.165, 1.54) is 28.4 Å². The van der Waals surface area contributed by atoms with E-state index >= 15 is 0 Å². The van der Waals surface area contributed by atoms with Gasteiger partial charge in [0.05, 0.1) is 39.0 Å². The zero-order valence-electron chi connectivity index (χ0n) is 20.3. The summed E-state index contributed by atoms with van der Waals surface area (Å²) in [4.78, 5) is -0.262. The third kappa shape index (κ3) is 7.00. The van der Waals surface area contributed by atoms with Crippen molar-refractivity contribution in [1.29, 1.82) is 0 Å². The Morgan fingerprint density at radius 2 is 1.30 bits per heavy atom. The molecule has 0 unspecified atom stereocenters. The van der Waals surface area contributed by atoms with Crippen molar-refractivity contribution >= 4 is 27.9 Å². The number of nitrogens with one attached hydrogen (secondary N) is 1. The number of rotatable bonds is 10. The van der Waals surface area contributed by atoms with Crippen LogP contribution in [0.1, 0.15) is 11.1 Å². The molecule has 0 spiro atoms. The van der Waals surface area contributed by atoms with Gasteiger partial charge in [-0.2, -0.15) is 0 Å². The molecule has 0 heterocycles. The van der Waals surface area contributed by atoms with E-state index in [9.17, 15) is 21.6 Å². The minimum Gasteiger partial charge on any atom is -0.495 e. The Hall–Kier alpha value is -4.06. The topological polar surface area (TPSA) is 92.3 Å². The van der Waals surface area contributed by atoms with Crippen molar-refractivity contribution in [1.82, 2.24) is 0 Å². The second-order valence-corrected chi connectivity index (χ2v) is 9.06. The van der Waals surface area contributed by atoms with Gasteiger partial charge in [-0.05, 0) is 59.7 Å². The van der Waals surface area contributed by atoms with Gasteiger partial charge in [-0.15, -0.1) is 13.2 Å². The van der Waals surface area contributed by atoms with Crippen molar-refractivity contribution in [3.63, 3.8) is 0 Å². The predicted molar refractivity (Wildman–Crippen MR) is 132 cm³/mol. The molecular formula is C25H24F3NO7S. The van der Waals surface area contributed by atoms with E-state index in [1.807, 2.05) is 0 Å². The lowest BCUT2D eigenvalue weighted by Gasteiger charge is -2.14. The second-order valence-electron chi connectivity index (χ2n) is 7.38. The number of sulfonamides is 1. The van der Waals surface area contributed by atoms with E-state index < -0.39 is 22.1 Å². The Balaban J connectivity index is 1.88. The van der Waals surface area contributed by atoms with Gasteiger partial charge in [0, 0.05) is 0 Å². The summed E-state index contributed by atoms with van der Waals surface area (Å²) >= 11 is 0. The van der Waals surface area contributed by atoms with E-state index in [4.69, 9.17) is 18.9 Å². The minimum absolute atomic E-state index is 0.130. The molecule has 0 aliphatic heterocycles. The largest absolute Gasteiger partial charge is 0.573 e. The lowest BCUT2D eigenvalue weighted by Crippen LogP contribution is -2.17. The molecule has 0 aliphatic carbocycles. The zero-order chi connectivity index (χ0) is 27.2. The van der Waals surface area contributed by atoms with Gasteiger partial charge >= 0.3 is 6.36 Å². The quantitative estimate of drug-likeness (QED) is 0.336. The van der Waals surface area contributed by atoms with Crippen molar-refractivity contribution in [3.05, 3.63) is 65.7 Å². The van der Waals surface area contributed by atoms with E-state index in [-0.39, 0.29) is 16.3 Å². The molecule has 3 aromatic carbocycles. The standard InChI is InChI=1S/C25H24F3NO7S/c1-32-21-12-7-16(5-6-17-14-22(33-2)24(35-4)23(15-17)34-3)13-20(21)29-37(30,31)19-10-8-18(9-11-19)36-25(26,27)28/h5-15,29H,1-4H3. The fourth-order valence-corrected chi connectivity index (χ4v) is 4.38. The van der Waals surface area contributed by atoms with Crippen LogP contribution in [0, 0.1) is 0 Å². The van der Waals surface area contributed by atoms with Crippen molar-refractivity contribution in [3.8, 4) is 28.7 Å². The maximum Gasteiger partial charge on any atom is 0.573 e. The van der Waals surface area contributed by atoms with Crippen molar-refractivity contribution in [2.75, 3.05) is 33.2 Å². The normalized spacial score (nSPS) is 11.8. The van der Waals surface area contributed by atoms with Crippen LogP contribution in [-0.4, -0.2) is 43.2 Å². The van der Waals surface area contributed by atoms with Crippen molar-refractivity contribution < 1.29 is 45.3 Å². The molecule has 0 aromatic heterocycles. The van der Waals surface area contributed by atoms with Crippen molar-refractivity contribution in [2.24, 2.45) is 0 Å². The molecule has 198 valence electrons. The Morgan fingerprint density at radius 1 is 0.730 bits per heavy atom. The highest BCUT2D eigenvalue weighted by molar-refractivity contribution is 7.92. The highest BCUT2D eigenvalue weighted by Gasteiger charge is 2.31. The van der Waals surface area contributed by atoms with Gasteiger partial charge in [0.1, 0.15) is 11.5 Å². The number of hydrogen-bond donors (Lipinski definition) is 1. The summed E-state index contributed by atoms with van der Waals surface area (Å²) in [7, 11) is 1.73. The summed E-state index contributed by atoms with van der Waals surface area (Å²) in [6, 6.07) is 12.2. The van der Waals surface area contributed by atoms with E-state index in [1.54, 1.807) is 42.5 Å². The summed E-state index contributed by atoms with van der Waals surface area (Å²) in [5.74, 6) is 1.09. The van der Waals surface area contributed by atoms with Crippen LogP contribution in [0.5, 0.6) is 28.7 Å². The lowest BCUT2D eigenvalue weighted by molar-refractivity contribution is -0.274. The molecular weight excluding hydrogens is 515 g/mol. The summed E-state index contributed by atoms with van der Waals surface area (Å²) in [5, 5.41) is 0. The van der Waals surface area contributed by atoms with Gasteiger partial charge < -0.3 is 23.7 Å². The molecule has 0 radical (unpaired) electrons. The molecule has 0 amide bonds. The van der Waals surface area contributed by atoms with Gasteiger partial charge in [-0.25, -0.2) is 8.42 Å². The predicted octanol–water partition coefficient (Wildman–Crippen LogP) is 5.59. The minimum atomic E-state index is -4.89. The van der Waals surface area contributed by atoms with Gasteiger partial charge in [0.25, 0.3) is 10.0 Å². The number of methoxy groups -OCH3 is 4. The third-order valence-electron chi connectivity index (χ3n) is 4.99. The lowest BCUT2D eigenvalue weighted by atomic mass is 10.1. The fourth-order valence-electron chi connectivity index (χ4n) is 3.32. The second kappa shape index (κ2) is 11.3. The summed E-state index contributed by atoms with van der Waals surface area (Å²) in [6.45, 7) is 0. The molecule has 12 heteroatoms. The maximum atomic E-state index is 12.9. The molecule has 3 aromatic rings. The Bertz CT molecular complexity index is 1350. The van der Waals surface area contributed by atoms with Crippen LogP contribution in [0.2, 0.25) is 0 Å². The summed E-state index contributed by atoms with van der Waals surface area (Å²) < 4.78 is 90.3. The highest BCUT2D eigenvalue weighted by atomic mass is 32.2. The molecule has 37 heavy (non-hydrogen) atoms. The van der Waals surface area contributed by atoms with Crippen LogP contribution in [0.25, 0.3) is 12.2 Å². The van der Waals surface area contributed by atoms with Gasteiger partial charge in [-0.1, -0.05) is 18.2 Å².